The first-order chi connectivity index (χ1) is 10.3. The Balaban J connectivity index is 1.70. The number of rotatable bonds is 6. The highest BCUT2D eigenvalue weighted by atomic mass is 16.5. The van der Waals surface area contributed by atoms with Gasteiger partial charge in [-0.25, -0.2) is 0 Å². The van der Waals surface area contributed by atoms with Crippen molar-refractivity contribution in [2.45, 2.75) is 38.4 Å². The Bertz CT molecular complexity index is 476. The Hall–Kier alpha value is -1.46. The van der Waals surface area contributed by atoms with E-state index in [4.69, 9.17) is 4.74 Å². The van der Waals surface area contributed by atoms with Crippen LogP contribution in [0.1, 0.15) is 25.3 Å². The summed E-state index contributed by atoms with van der Waals surface area (Å²) in [5.74, 6) is 0.173. The van der Waals surface area contributed by atoms with Crippen molar-refractivity contribution in [2.24, 2.45) is 5.92 Å². The molecule has 114 valence electrons. The van der Waals surface area contributed by atoms with Gasteiger partial charge in [0, 0.05) is 31.0 Å². The molecule has 2 unspecified atom stereocenters. The number of nitrogens with zero attached hydrogens (tertiary/aromatic N) is 2. The molecule has 3 rings (SSSR count). The average Bonchev–Trinajstić information content (AvgIpc) is 3.25. The normalized spacial score (nSPS) is 25.0. The van der Waals surface area contributed by atoms with Gasteiger partial charge in [-0.15, -0.1) is 0 Å². The van der Waals surface area contributed by atoms with Crippen molar-refractivity contribution in [3.8, 4) is 0 Å². The van der Waals surface area contributed by atoms with Gasteiger partial charge in [0.25, 0.3) is 0 Å². The van der Waals surface area contributed by atoms with Crippen LogP contribution in [0.25, 0.3) is 0 Å². The second kappa shape index (κ2) is 6.54. The van der Waals surface area contributed by atoms with Gasteiger partial charge in [0.1, 0.15) is 0 Å². The zero-order valence-corrected chi connectivity index (χ0v) is 12.5. The van der Waals surface area contributed by atoms with E-state index in [-0.39, 0.29) is 17.9 Å². The third kappa shape index (κ3) is 3.41. The van der Waals surface area contributed by atoms with Crippen LogP contribution >= 0.6 is 0 Å². The maximum atomic E-state index is 12.9. The fraction of sp³-hybridized carbons (Fsp3) is 0.625. The predicted octanol–water partition coefficient (Wildman–Crippen LogP) is 1.20. The van der Waals surface area contributed by atoms with Crippen molar-refractivity contribution in [2.75, 3.05) is 19.8 Å². The lowest BCUT2D eigenvalue weighted by Crippen LogP contribution is -2.46. The first-order valence-electron chi connectivity index (χ1n) is 7.80. The van der Waals surface area contributed by atoms with Crippen molar-refractivity contribution in [1.82, 2.24) is 15.2 Å². The fourth-order valence-corrected chi connectivity index (χ4v) is 2.94. The highest BCUT2D eigenvalue weighted by Gasteiger charge is 2.41. The van der Waals surface area contributed by atoms with Gasteiger partial charge in [0.05, 0.1) is 19.1 Å². The van der Waals surface area contributed by atoms with Crippen LogP contribution < -0.4 is 5.32 Å². The molecule has 21 heavy (non-hydrogen) atoms. The minimum absolute atomic E-state index is 0.0535. The van der Waals surface area contributed by atoms with Gasteiger partial charge in [-0.1, -0.05) is 13.0 Å². The first kappa shape index (κ1) is 14.5. The van der Waals surface area contributed by atoms with Crippen molar-refractivity contribution in [3.05, 3.63) is 30.1 Å². The number of pyridine rings is 1. The number of aromatic nitrogens is 1. The number of carbonyl (C=O) groups excluding carboxylic acids is 1. The van der Waals surface area contributed by atoms with Crippen molar-refractivity contribution in [3.63, 3.8) is 0 Å². The Morgan fingerprint density at radius 3 is 3.00 bits per heavy atom. The number of ether oxygens (including phenoxy) is 1. The summed E-state index contributed by atoms with van der Waals surface area (Å²) < 4.78 is 5.52. The summed E-state index contributed by atoms with van der Waals surface area (Å²) in [6, 6.07) is 4.51. The average molecular weight is 289 g/mol. The van der Waals surface area contributed by atoms with Crippen LogP contribution in [-0.2, 0) is 16.1 Å². The van der Waals surface area contributed by atoms with E-state index in [2.05, 4.69) is 17.2 Å². The molecule has 2 atom stereocenters. The number of amides is 1. The Morgan fingerprint density at radius 2 is 2.33 bits per heavy atom. The summed E-state index contributed by atoms with van der Waals surface area (Å²) in [5.41, 5.74) is 1.09. The van der Waals surface area contributed by atoms with Crippen molar-refractivity contribution >= 4 is 5.91 Å². The molecule has 0 radical (unpaired) electrons. The van der Waals surface area contributed by atoms with Gasteiger partial charge < -0.3 is 15.0 Å². The molecule has 1 aromatic rings. The molecule has 0 bridgehead atoms. The second-order valence-electron chi connectivity index (χ2n) is 5.87. The molecule has 2 aliphatic rings. The predicted molar refractivity (Wildman–Crippen MR) is 79.6 cm³/mol. The van der Waals surface area contributed by atoms with Gasteiger partial charge >= 0.3 is 0 Å². The standard InChI is InChI=1S/C16H23N3O2/c1-2-18-15-11-21-10-14(15)16(20)19(13-5-6-13)9-12-4-3-7-17-8-12/h3-4,7-8,13-15,18H,2,5-6,9-11H2,1H3. The van der Waals surface area contributed by atoms with Crippen LogP contribution in [0.5, 0.6) is 0 Å². The molecule has 1 aliphatic heterocycles. The maximum absolute atomic E-state index is 12.9. The van der Waals surface area contributed by atoms with Gasteiger partial charge in [0.15, 0.2) is 0 Å². The zero-order chi connectivity index (χ0) is 14.7. The van der Waals surface area contributed by atoms with Crippen LogP contribution in [0.3, 0.4) is 0 Å². The van der Waals surface area contributed by atoms with Crippen molar-refractivity contribution in [1.29, 1.82) is 0 Å². The number of likely N-dealkylation sites (N-methyl/N-ethyl adjacent to an activating group) is 1. The first-order valence-corrected chi connectivity index (χ1v) is 7.80. The zero-order valence-electron chi connectivity index (χ0n) is 12.5. The monoisotopic (exact) mass is 289 g/mol. The fourth-order valence-electron chi connectivity index (χ4n) is 2.94. The topological polar surface area (TPSA) is 54.5 Å². The Labute approximate surface area is 125 Å². The molecule has 2 heterocycles. The number of nitrogens with one attached hydrogen (secondary N) is 1. The molecule has 0 aromatic carbocycles. The molecule has 1 saturated carbocycles. The van der Waals surface area contributed by atoms with Crippen LogP contribution in [0.15, 0.2) is 24.5 Å². The lowest BCUT2D eigenvalue weighted by Gasteiger charge is -2.27. The summed E-state index contributed by atoms with van der Waals surface area (Å²) in [6.07, 6.45) is 5.84. The highest BCUT2D eigenvalue weighted by molar-refractivity contribution is 5.80. The lowest BCUT2D eigenvalue weighted by atomic mass is 10.0. The van der Waals surface area contributed by atoms with E-state index in [0.29, 0.717) is 25.8 Å². The molecule has 1 N–H and O–H groups in total. The molecular weight excluding hydrogens is 266 g/mol. The molecule has 2 fully saturated rings. The van der Waals surface area contributed by atoms with Crippen LogP contribution in [0.4, 0.5) is 0 Å². The number of carbonyl (C=O) groups is 1. The maximum Gasteiger partial charge on any atom is 0.230 e. The minimum Gasteiger partial charge on any atom is -0.379 e. The number of hydrogen-bond acceptors (Lipinski definition) is 4. The third-order valence-electron chi connectivity index (χ3n) is 4.21. The summed E-state index contributed by atoms with van der Waals surface area (Å²) in [6.45, 7) is 4.76. The van der Waals surface area contributed by atoms with Gasteiger partial charge in [0.2, 0.25) is 5.91 Å². The summed E-state index contributed by atoms with van der Waals surface area (Å²) in [4.78, 5) is 19.1. The van der Waals surface area contributed by atoms with Crippen LogP contribution in [-0.4, -0.2) is 47.6 Å². The molecule has 1 aliphatic carbocycles. The van der Waals surface area contributed by atoms with E-state index in [9.17, 15) is 4.79 Å². The van der Waals surface area contributed by atoms with Crippen LogP contribution in [0, 0.1) is 5.92 Å². The van der Waals surface area contributed by atoms with E-state index < -0.39 is 0 Å². The van der Waals surface area contributed by atoms with E-state index in [1.54, 1.807) is 6.20 Å². The Morgan fingerprint density at radius 1 is 1.48 bits per heavy atom. The van der Waals surface area contributed by atoms with Crippen LogP contribution in [0.2, 0.25) is 0 Å². The molecule has 5 heteroatoms. The molecule has 1 saturated heterocycles. The van der Waals surface area contributed by atoms with E-state index in [0.717, 1.165) is 24.9 Å². The third-order valence-corrected chi connectivity index (χ3v) is 4.21. The summed E-state index contributed by atoms with van der Waals surface area (Å²) in [5, 5.41) is 3.37. The quantitative estimate of drug-likeness (QED) is 0.855. The summed E-state index contributed by atoms with van der Waals surface area (Å²) in [7, 11) is 0. The van der Waals surface area contributed by atoms with E-state index in [1.807, 2.05) is 23.2 Å². The van der Waals surface area contributed by atoms with Gasteiger partial charge in [-0.05, 0) is 31.0 Å². The molecule has 1 amide bonds. The smallest absolute Gasteiger partial charge is 0.230 e. The summed E-state index contributed by atoms with van der Waals surface area (Å²) >= 11 is 0. The lowest BCUT2D eigenvalue weighted by molar-refractivity contribution is -0.137. The minimum atomic E-state index is -0.0535. The van der Waals surface area contributed by atoms with Gasteiger partial charge in [-0.3, -0.25) is 9.78 Å². The largest absolute Gasteiger partial charge is 0.379 e. The number of hydrogen-bond donors (Lipinski definition) is 1. The van der Waals surface area contributed by atoms with E-state index in [1.165, 1.54) is 0 Å². The molecule has 5 nitrogen and oxygen atoms in total. The van der Waals surface area contributed by atoms with Gasteiger partial charge in [-0.2, -0.15) is 0 Å². The SMILES string of the molecule is CCNC1COCC1C(=O)N(Cc1cccnc1)C1CC1. The van der Waals surface area contributed by atoms with Crippen molar-refractivity contribution < 1.29 is 9.53 Å². The second-order valence-corrected chi connectivity index (χ2v) is 5.87. The van der Waals surface area contributed by atoms with E-state index >= 15 is 0 Å². The highest BCUT2D eigenvalue weighted by Crippen LogP contribution is 2.31. The molecular formula is C16H23N3O2. The molecule has 0 spiro atoms. The molecule has 1 aromatic heterocycles. The Kier molecular flexibility index (Phi) is 4.51.